The highest BCUT2D eigenvalue weighted by Gasteiger charge is 2.13. The van der Waals surface area contributed by atoms with Crippen LogP contribution in [0.15, 0.2) is 84.0 Å². The number of fused-ring (bicyclic) bond motifs is 1. The number of benzene rings is 3. The summed E-state index contributed by atoms with van der Waals surface area (Å²) in [5, 5.41) is 4.90. The number of ether oxygens (including phenoxy) is 2. The van der Waals surface area contributed by atoms with Crippen LogP contribution in [-0.4, -0.2) is 30.8 Å². The van der Waals surface area contributed by atoms with Gasteiger partial charge in [-0.2, -0.15) is 5.10 Å². The first-order valence-corrected chi connectivity index (χ1v) is 10.8. The van der Waals surface area contributed by atoms with E-state index in [4.69, 9.17) is 14.5 Å². The SMILES string of the molecule is CCCOc1ccc(/C=N/NC(=O)c2cc(-c3ccc(OC)cc3)nc3ccccc23)cc1. The second-order valence-corrected chi connectivity index (χ2v) is 7.42. The van der Waals surface area contributed by atoms with E-state index in [9.17, 15) is 4.79 Å². The molecule has 0 aliphatic rings. The van der Waals surface area contributed by atoms with Crippen LogP contribution in [-0.2, 0) is 0 Å². The fraction of sp³-hybridized carbons (Fsp3) is 0.148. The van der Waals surface area contributed by atoms with Gasteiger partial charge in [0.1, 0.15) is 11.5 Å². The molecule has 4 aromatic rings. The molecule has 0 bridgehead atoms. The van der Waals surface area contributed by atoms with Crippen LogP contribution in [0.1, 0.15) is 29.3 Å². The minimum absolute atomic E-state index is 0.303. The number of rotatable bonds is 8. The lowest BCUT2D eigenvalue weighted by molar-refractivity contribution is 0.0956. The maximum absolute atomic E-state index is 13.0. The van der Waals surface area contributed by atoms with Crippen molar-refractivity contribution in [1.29, 1.82) is 0 Å². The first kappa shape index (κ1) is 22.0. The molecule has 0 fully saturated rings. The molecule has 0 radical (unpaired) electrons. The van der Waals surface area contributed by atoms with Gasteiger partial charge in [0.25, 0.3) is 5.91 Å². The first-order valence-electron chi connectivity index (χ1n) is 10.8. The van der Waals surface area contributed by atoms with E-state index < -0.39 is 0 Å². The maximum Gasteiger partial charge on any atom is 0.272 e. The number of para-hydroxylation sites is 1. The van der Waals surface area contributed by atoms with Crippen LogP contribution in [0.25, 0.3) is 22.2 Å². The van der Waals surface area contributed by atoms with Crippen LogP contribution in [0.5, 0.6) is 11.5 Å². The predicted molar refractivity (Wildman–Crippen MR) is 131 cm³/mol. The normalized spacial score (nSPS) is 11.0. The quantitative estimate of drug-likeness (QED) is 0.292. The van der Waals surface area contributed by atoms with Gasteiger partial charge < -0.3 is 9.47 Å². The topological polar surface area (TPSA) is 72.8 Å². The van der Waals surface area contributed by atoms with Crippen molar-refractivity contribution in [2.45, 2.75) is 13.3 Å². The smallest absolute Gasteiger partial charge is 0.272 e. The number of pyridine rings is 1. The molecule has 6 heteroatoms. The van der Waals surface area contributed by atoms with Gasteiger partial charge in [0, 0.05) is 10.9 Å². The Kier molecular flexibility index (Phi) is 6.95. The van der Waals surface area contributed by atoms with Crippen molar-refractivity contribution in [1.82, 2.24) is 10.4 Å². The van der Waals surface area contributed by atoms with Gasteiger partial charge in [-0.3, -0.25) is 4.79 Å². The third-order valence-corrected chi connectivity index (χ3v) is 5.08. The van der Waals surface area contributed by atoms with Crippen molar-refractivity contribution < 1.29 is 14.3 Å². The Bertz CT molecular complexity index is 1270. The number of nitrogens with one attached hydrogen (secondary N) is 1. The number of carbonyl (C=O) groups excluding carboxylic acids is 1. The van der Waals surface area contributed by atoms with Crippen LogP contribution >= 0.6 is 0 Å². The molecular formula is C27H25N3O3. The summed E-state index contributed by atoms with van der Waals surface area (Å²) in [5.74, 6) is 1.27. The third kappa shape index (κ3) is 5.36. The average Bonchev–Trinajstić information content (AvgIpc) is 2.87. The summed E-state index contributed by atoms with van der Waals surface area (Å²) in [5.41, 5.74) is 6.34. The molecule has 1 heterocycles. The highest BCUT2D eigenvalue weighted by Crippen LogP contribution is 2.26. The summed E-state index contributed by atoms with van der Waals surface area (Å²) in [7, 11) is 1.63. The highest BCUT2D eigenvalue weighted by molar-refractivity contribution is 6.07. The van der Waals surface area contributed by atoms with E-state index in [2.05, 4.69) is 17.5 Å². The summed E-state index contributed by atoms with van der Waals surface area (Å²) in [4.78, 5) is 17.7. The number of nitrogens with zero attached hydrogens (tertiary/aromatic N) is 2. The number of hydrazone groups is 1. The number of hydrogen-bond acceptors (Lipinski definition) is 5. The summed E-state index contributed by atoms with van der Waals surface area (Å²) in [6.07, 6.45) is 2.56. The van der Waals surface area contributed by atoms with Crippen molar-refractivity contribution in [2.24, 2.45) is 5.10 Å². The lowest BCUT2D eigenvalue weighted by atomic mass is 10.0. The van der Waals surface area contributed by atoms with E-state index in [0.717, 1.165) is 39.9 Å². The molecule has 166 valence electrons. The van der Waals surface area contributed by atoms with E-state index >= 15 is 0 Å². The fourth-order valence-electron chi connectivity index (χ4n) is 3.37. The number of methoxy groups -OCH3 is 1. The standard InChI is InChI=1S/C27H25N3O3/c1-3-16-33-22-12-8-19(9-13-22)18-28-30-27(31)24-17-26(20-10-14-21(32-2)15-11-20)29-25-7-5-4-6-23(24)25/h4-15,17-18H,3,16H2,1-2H3,(H,30,31)/b28-18+. The molecule has 1 N–H and O–H groups in total. The predicted octanol–water partition coefficient (Wildman–Crippen LogP) is 5.46. The van der Waals surface area contributed by atoms with E-state index in [1.807, 2.05) is 72.8 Å². The van der Waals surface area contributed by atoms with E-state index in [0.29, 0.717) is 17.9 Å². The zero-order chi connectivity index (χ0) is 23.0. The van der Waals surface area contributed by atoms with Gasteiger partial charge in [0.05, 0.1) is 36.7 Å². The minimum Gasteiger partial charge on any atom is -0.497 e. The molecule has 0 spiro atoms. The number of amides is 1. The minimum atomic E-state index is -0.303. The number of aromatic nitrogens is 1. The summed E-state index contributed by atoms with van der Waals surface area (Å²) < 4.78 is 10.8. The molecule has 0 unspecified atom stereocenters. The first-order chi connectivity index (χ1) is 16.2. The molecule has 33 heavy (non-hydrogen) atoms. The van der Waals surface area contributed by atoms with Crippen LogP contribution in [0.4, 0.5) is 0 Å². The number of carbonyl (C=O) groups is 1. The van der Waals surface area contributed by atoms with Crippen molar-refractivity contribution in [3.8, 4) is 22.8 Å². The van der Waals surface area contributed by atoms with Gasteiger partial charge in [0.2, 0.25) is 0 Å². The van der Waals surface area contributed by atoms with Crippen LogP contribution in [0.3, 0.4) is 0 Å². The molecule has 0 aliphatic carbocycles. The van der Waals surface area contributed by atoms with Gasteiger partial charge >= 0.3 is 0 Å². The Labute approximate surface area is 192 Å². The van der Waals surface area contributed by atoms with Gasteiger partial charge in [-0.15, -0.1) is 0 Å². The maximum atomic E-state index is 13.0. The Morgan fingerprint density at radius 2 is 1.73 bits per heavy atom. The molecule has 3 aromatic carbocycles. The molecule has 6 nitrogen and oxygen atoms in total. The van der Waals surface area contributed by atoms with Gasteiger partial charge in [-0.25, -0.2) is 10.4 Å². The lowest BCUT2D eigenvalue weighted by Gasteiger charge is -2.09. The highest BCUT2D eigenvalue weighted by atomic mass is 16.5. The molecule has 0 aliphatic heterocycles. The van der Waals surface area contributed by atoms with Crippen molar-refractivity contribution in [3.63, 3.8) is 0 Å². The van der Waals surface area contributed by atoms with Crippen LogP contribution in [0, 0.1) is 0 Å². The second kappa shape index (κ2) is 10.4. The zero-order valence-electron chi connectivity index (χ0n) is 18.6. The molecule has 1 aromatic heterocycles. The van der Waals surface area contributed by atoms with E-state index in [1.54, 1.807) is 19.4 Å². The summed E-state index contributed by atoms with van der Waals surface area (Å²) in [6, 6.07) is 24.5. The summed E-state index contributed by atoms with van der Waals surface area (Å²) in [6.45, 7) is 2.75. The monoisotopic (exact) mass is 439 g/mol. The lowest BCUT2D eigenvalue weighted by Crippen LogP contribution is -2.18. The fourth-order valence-corrected chi connectivity index (χ4v) is 3.37. The van der Waals surface area contributed by atoms with Crippen molar-refractivity contribution >= 4 is 23.0 Å². The van der Waals surface area contributed by atoms with Crippen LogP contribution < -0.4 is 14.9 Å². The zero-order valence-corrected chi connectivity index (χ0v) is 18.6. The molecule has 0 saturated heterocycles. The molecule has 4 rings (SSSR count). The van der Waals surface area contributed by atoms with Gasteiger partial charge in [-0.05, 0) is 72.6 Å². The Hall–Kier alpha value is -4.19. The molecule has 0 saturated carbocycles. The third-order valence-electron chi connectivity index (χ3n) is 5.08. The van der Waals surface area contributed by atoms with Gasteiger partial charge in [-0.1, -0.05) is 25.1 Å². The molecule has 0 atom stereocenters. The van der Waals surface area contributed by atoms with Crippen molar-refractivity contribution in [2.75, 3.05) is 13.7 Å². The molecule has 1 amide bonds. The Morgan fingerprint density at radius 3 is 2.45 bits per heavy atom. The van der Waals surface area contributed by atoms with E-state index in [1.165, 1.54) is 0 Å². The van der Waals surface area contributed by atoms with Gasteiger partial charge in [0.15, 0.2) is 0 Å². The summed E-state index contributed by atoms with van der Waals surface area (Å²) >= 11 is 0. The second-order valence-electron chi connectivity index (χ2n) is 7.42. The average molecular weight is 440 g/mol. The van der Waals surface area contributed by atoms with Crippen molar-refractivity contribution in [3.05, 3.63) is 90.0 Å². The Balaban J connectivity index is 1.56. The van der Waals surface area contributed by atoms with E-state index in [-0.39, 0.29) is 5.91 Å². The van der Waals surface area contributed by atoms with Crippen LogP contribution in [0.2, 0.25) is 0 Å². The number of hydrogen-bond donors (Lipinski definition) is 1. The molecular weight excluding hydrogens is 414 g/mol. The largest absolute Gasteiger partial charge is 0.497 e. The Morgan fingerprint density at radius 1 is 1.00 bits per heavy atom.